The highest BCUT2D eigenvalue weighted by Crippen LogP contribution is 2.36. The van der Waals surface area contributed by atoms with Crippen molar-refractivity contribution in [3.63, 3.8) is 0 Å². The predicted octanol–water partition coefficient (Wildman–Crippen LogP) is -0.345. The molecule has 1 aromatic rings. The molecular weight excluding hydrogens is 528 g/mol. The summed E-state index contributed by atoms with van der Waals surface area (Å²) < 4.78 is 1.13. The molecule has 0 fully saturated rings. The number of nitrogens with one attached hydrogen (secondary N) is 2. The summed E-state index contributed by atoms with van der Waals surface area (Å²) in [6.45, 7) is -1.19. The molecule has 1 heterocycles. The van der Waals surface area contributed by atoms with Gasteiger partial charge >= 0.3 is 23.9 Å². The van der Waals surface area contributed by atoms with E-state index in [4.69, 9.17) is 15.3 Å². The summed E-state index contributed by atoms with van der Waals surface area (Å²) >= 11 is 0.802. The van der Waals surface area contributed by atoms with Crippen molar-refractivity contribution in [2.24, 2.45) is 0 Å². The van der Waals surface area contributed by atoms with Gasteiger partial charge in [-0.3, -0.25) is 33.4 Å². The van der Waals surface area contributed by atoms with Crippen LogP contribution in [0.2, 0.25) is 0 Å². The SMILES string of the molecule is CNC(CCCCNC(=O)CCCn1c(O)cc(SCC(C(=O)O)N(CC(=O)O)CC(=O)O)c1O)C(=O)O. The number of carboxylic acid groups (broad SMARTS) is 4. The van der Waals surface area contributed by atoms with Crippen LogP contribution in [-0.2, 0) is 30.5 Å². The molecular formula is C22H34N4O11S. The van der Waals surface area contributed by atoms with Crippen LogP contribution in [0.4, 0.5) is 0 Å². The molecule has 1 aromatic heterocycles. The largest absolute Gasteiger partial charge is 0.494 e. The maximum absolute atomic E-state index is 12.0. The lowest BCUT2D eigenvalue weighted by molar-refractivity contribution is -0.148. The first-order chi connectivity index (χ1) is 17.9. The fraction of sp³-hybridized carbons (Fsp3) is 0.591. The van der Waals surface area contributed by atoms with Crippen LogP contribution >= 0.6 is 11.8 Å². The van der Waals surface area contributed by atoms with E-state index in [9.17, 15) is 39.3 Å². The van der Waals surface area contributed by atoms with E-state index < -0.39 is 49.1 Å². The van der Waals surface area contributed by atoms with Crippen LogP contribution in [0.15, 0.2) is 11.0 Å². The van der Waals surface area contributed by atoms with Gasteiger partial charge in [0.1, 0.15) is 12.1 Å². The van der Waals surface area contributed by atoms with Gasteiger partial charge in [-0.05, 0) is 32.7 Å². The predicted molar refractivity (Wildman–Crippen MR) is 133 cm³/mol. The van der Waals surface area contributed by atoms with Crippen LogP contribution in [0.3, 0.4) is 0 Å². The molecule has 0 aliphatic rings. The fourth-order valence-corrected chi connectivity index (χ4v) is 4.65. The highest BCUT2D eigenvalue weighted by atomic mass is 32.2. The quantitative estimate of drug-likeness (QED) is 0.0749. The molecule has 0 spiro atoms. The second-order valence-corrected chi connectivity index (χ2v) is 9.39. The van der Waals surface area contributed by atoms with Crippen LogP contribution in [-0.4, -0.2) is 114 Å². The first-order valence-corrected chi connectivity index (χ1v) is 12.7. The van der Waals surface area contributed by atoms with Crippen molar-refractivity contribution >= 4 is 41.5 Å². The lowest BCUT2D eigenvalue weighted by Gasteiger charge is -2.25. The van der Waals surface area contributed by atoms with Gasteiger partial charge < -0.3 is 41.3 Å². The molecule has 8 N–H and O–H groups in total. The maximum Gasteiger partial charge on any atom is 0.321 e. The molecule has 0 aromatic carbocycles. The number of unbranched alkanes of at least 4 members (excludes halogenated alkanes) is 1. The number of likely N-dealkylation sites (N-methyl/N-ethyl adjacent to an activating group) is 1. The highest BCUT2D eigenvalue weighted by Gasteiger charge is 2.30. The zero-order valence-corrected chi connectivity index (χ0v) is 21.6. The first kappa shape index (κ1) is 32.5. The minimum absolute atomic E-state index is 0.0701. The lowest BCUT2D eigenvalue weighted by atomic mass is 10.1. The molecule has 1 rings (SSSR count). The Hall–Kier alpha value is -3.50. The molecule has 1 amide bonds. The van der Waals surface area contributed by atoms with Crippen molar-refractivity contribution in [1.29, 1.82) is 0 Å². The number of carbonyl (C=O) groups excluding carboxylic acids is 1. The van der Waals surface area contributed by atoms with Gasteiger partial charge in [0.15, 0.2) is 5.88 Å². The number of aliphatic carboxylic acids is 4. The summed E-state index contributed by atoms with van der Waals surface area (Å²) in [5, 5.41) is 62.4. The number of carboxylic acids is 4. The highest BCUT2D eigenvalue weighted by molar-refractivity contribution is 7.99. The Kier molecular flexibility index (Phi) is 14.0. The monoisotopic (exact) mass is 562 g/mol. The summed E-state index contributed by atoms with van der Waals surface area (Å²) in [4.78, 5) is 57.5. The summed E-state index contributed by atoms with van der Waals surface area (Å²) in [6, 6.07) is -0.944. The average molecular weight is 563 g/mol. The van der Waals surface area contributed by atoms with Gasteiger partial charge in [0.25, 0.3) is 0 Å². The van der Waals surface area contributed by atoms with Gasteiger partial charge in [-0.1, -0.05) is 0 Å². The number of rotatable bonds is 20. The molecule has 16 heteroatoms. The molecule has 0 radical (unpaired) electrons. The Balaban J connectivity index is 2.59. The molecule has 38 heavy (non-hydrogen) atoms. The smallest absolute Gasteiger partial charge is 0.321 e. The molecule has 0 bridgehead atoms. The van der Waals surface area contributed by atoms with E-state index in [-0.39, 0.29) is 47.7 Å². The molecule has 0 saturated carbocycles. The van der Waals surface area contributed by atoms with Crippen molar-refractivity contribution in [1.82, 2.24) is 20.1 Å². The minimum Gasteiger partial charge on any atom is -0.494 e. The molecule has 0 aliphatic heterocycles. The Morgan fingerprint density at radius 1 is 0.974 bits per heavy atom. The van der Waals surface area contributed by atoms with Gasteiger partial charge in [0.2, 0.25) is 11.8 Å². The summed E-state index contributed by atoms with van der Waals surface area (Å²) in [5.41, 5.74) is 0. The van der Waals surface area contributed by atoms with Gasteiger partial charge in [-0.25, -0.2) is 0 Å². The van der Waals surface area contributed by atoms with E-state index in [0.29, 0.717) is 25.8 Å². The van der Waals surface area contributed by atoms with Gasteiger partial charge in [0.05, 0.1) is 18.0 Å². The van der Waals surface area contributed by atoms with Gasteiger partial charge in [-0.2, -0.15) is 0 Å². The summed E-state index contributed by atoms with van der Waals surface area (Å²) in [6.07, 6.45) is 1.99. The van der Waals surface area contributed by atoms with Gasteiger partial charge in [0, 0.05) is 31.3 Å². The van der Waals surface area contributed by atoms with Crippen molar-refractivity contribution < 1.29 is 54.6 Å². The average Bonchev–Trinajstić information content (AvgIpc) is 3.07. The molecule has 2 atom stereocenters. The fourth-order valence-electron chi connectivity index (χ4n) is 3.53. The third kappa shape index (κ3) is 11.3. The lowest BCUT2D eigenvalue weighted by Crippen LogP contribution is -2.47. The number of thioether (sulfide) groups is 1. The molecule has 214 valence electrons. The number of carbonyl (C=O) groups is 5. The third-order valence-corrected chi connectivity index (χ3v) is 6.58. The van der Waals surface area contributed by atoms with Crippen LogP contribution < -0.4 is 10.6 Å². The van der Waals surface area contributed by atoms with Crippen molar-refractivity contribution in [3.05, 3.63) is 6.07 Å². The number of aromatic hydroxyl groups is 2. The number of nitrogens with zero attached hydrogens (tertiary/aromatic N) is 2. The first-order valence-electron chi connectivity index (χ1n) is 11.7. The number of hydrogen-bond donors (Lipinski definition) is 8. The van der Waals surface area contributed by atoms with Crippen LogP contribution in [0.1, 0.15) is 32.1 Å². The van der Waals surface area contributed by atoms with E-state index >= 15 is 0 Å². The van der Waals surface area contributed by atoms with Crippen molar-refractivity contribution in [2.75, 3.05) is 32.4 Å². The van der Waals surface area contributed by atoms with Crippen LogP contribution in [0.5, 0.6) is 11.8 Å². The minimum atomic E-state index is -1.49. The Morgan fingerprint density at radius 3 is 2.13 bits per heavy atom. The van der Waals surface area contributed by atoms with E-state index in [2.05, 4.69) is 10.6 Å². The summed E-state index contributed by atoms with van der Waals surface area (Å²) in [5.74, 6) is -6.46. The van der Waals surface area contributed by atoms with E-state index in [1.807, 2.05) is 0 Å². The number of hydrogen-bond acceptors (Lipinski definition) is 10. The van der Waals surface area contributed by atoms with E-state index in [1.165, 1.54) is 6.07 Å². The zero-order valence-electron chi connectivity index (χ0n) is 20.8. The zero-order chi connectivity index (χ0) is 28.8. The third-order valence-electron chi connectivity index (χ3n) is 5.49. The number of amides is 1. The maximum atomic E-state index is 12.0. The second-order valence-electron chi connectivity index (χ2n) is 8.33. The normalized spacial score (nSPS) is 12.7. The van der Waals surface area contributed by atoms with Gasteiger partial charge in [-0.15, -0.1) is 11.8 Å². The Morgan fingerprint density at radius 2 is 1.61 bits per heavy atom. The molecule has 2 unspecified atom stereocenters. The molecule has 0 saturated heterocycles. The summed E-state index contributed by atoms with van der Waals surface area (Å²) in [7, 11) is 1.56. The molecule has 0 aliphatic carbocycles. The van der Waals surface area contributed by atoms with E-state index in [1.54, 1.807) is 7.05 Å². The van der Waals surface area contributed by atoms with Crippen LogP contribution in [0, 0.1) is 0 Å². The second kappa shape index (κ2) is 16.4. The Bertz CT molecular complexity index is 969. The van der Waals surface area contributed by atoms with Crippen molar-refractivity contribution in [3.8, 4) is 11.8 Å². The standard InChI is InChI=1S/C22H34N4O11S/c1-23-13(21(34)35)5-2-3-7-24-16(27)6-4-8-26-17(28)9-15(20(26)33)38-12-14(22(36)37)25(10-18(29)30)11-19(31)32/h9,13-14,23,28,33H,2-8,10-12H2,1H3,(H,24,27)(H,29,30)(H,31,32)(H,34,35)(H,36,37). The Labute approximate surface area is 222 Å². The number of aromatic nitrogens is 1. The van der Waals surface area contributed by atoms with Crippen molar-refractivity contribution in [2.45, 2.75) is 55.6 Å². The van der Waals surface area contributed by atoms with Crippen LogP contribution in [0.25, 0.3) is 0 Å². The van der Waals surface area contributed by atoms with E-state index in [0.717, 1.165) is 21.2 Å². The molecule has 15 nitrogen and oxygen atoms in total. The topological polar surface area (TPSA) is 239 Å².